The quantitative estimate of drug-likeness (QED) is 0.0963. The van der Waals surface area contributed by atoms with Crippen molar-refractivity contribution in [1.82, 2.24) is 0 Å². The minimum atomic E-state index is -4.94. The molecule has 0 radical (unpaired) electrons. The number of hydrogen-bond acceptors (Lipinski definition) is 0. The van der Waals surface area contributed by atoms with Crippen LogP contribution in [0.4, 0.5) is 26.3 Å². The van der Waals surface area contributed by atoms with E-state index in [0.717, 1.165) is 28.8 Å². The van der Waals surface area contributed by atoms with Crippen molar-refractivity contribution in [2.45, 2.75) is 19.3 Å². The summed E-state index contributed by atoms with van der Waals surface area (Å²) >= 11 is -0.167. The molecule has 0 fully saturated rings. The van der Waals surface area contributed by atoms with Crippen LogP contribution >= 0.6 is 20.7 Å². The zero-order valence-corrected chi connectivity index (χ0v) is 26.0. The maximum atomic E-state index is 15.0. The summed E-state index contributed by atoms with van der Waals surface area (Å²) in [5.74, 6) is 0. The Bertz CT molecular complexity index is 2070. The molecule has 0 aromatic heterocycles. The Morgan fingerprint density at radius 2 is 1.07 bits per heavy atom. The Morgan fingerprint density at radius 1 is 0.578 bits per heavy atom. The van der Waals surface area contributed by atoms with Crippen molar-refractivity contribution in [2.75, 3.05) is 0 Å². The van der Waals surface area contributed by atoms with Gasteiger partial charge in [-0.2, -0.15) is 26.3 Å². The average Bonchev–Trinajstić information content (AvgIpc) is 3.02. The van der Waals surface area contributed by atoms with E-state index in [2.05, 4.69) is 0 Å². The van der Waals surface area contributed by atoms with E-state index >= 15 is 0 Å². The molecule has 0 saturated heterocycles. The van der Waals surface area contributed by atoms with E-state index < -0.39 is 34.6 Å². The Labute approximate surface area is 266 Å². The molecule has 7 heteroatoms. The van der Waals surface area contributed by atoms with E-state index in [9.17, 15) is 26.3 Å². The van der Waals surface area contributed by atoms with E-state index in [-0.39, 0.29) is 42.6 Å². The maximum absolute atomic E-state index is 15.0. The highest BCUT2D eigenvalue weighted by atomic mass is 127. The lowest BCUT2D eigenvalue weighted by Crippen LogP contribution is -2.13. The van der Waals surface area contributed by atoms with Gasteiger partial charge in [-0.25, -0.2) is 0 Å². The first kappa shape index (κ1) is 30.8. The summed E-state index contributed by atoms with van der Waals surface area (Å²) < 4.78 is 93.8. The second kappa shape index (κ2) is 12.3. The second-order valence-electron chi connectivity index (χ2n) is 10.7. The van der Waals surface area contributed by atoms with Gasteiger partial charge in [-0.1, -0.05) is 123 Å². The zero-order chi connectivity index (χ0) is 31.8. The average molecular weight is 723 g/mol. The molecule has 45 heavy (non-hydrogen) atoms. The van der Waals surface area contributed by atoms with Gasteiger partial charge in [0.05, 0.1) is 11.1 Å². The fourth-order valence-electron chi connectivity index (χ4n) is 5.54. The number of allylic oxidation sites excluding steroid dienone is 4. The monoisotopic (exact) mass is 722 g/mol. The molecule has 0 unspecified atom stereocenters. The molecule has 0 saturated carbocycles. The molecule has 6 rings (SSSR count). The van der Waals surface area contributed by atoms with Crippen molar-refractivity contribution in [3.8, 4) is 11.1 Å². The van der Waals surface area contributed by atoms with Crippen LogP contribution in [-0.2, 0) is 12.4 Å². The van der Waals surface area contributed by atoms with Crippen LogP contribution < -0.4 is 0 Å². The molecule has 0 amide bonds. The van der Waals surface area contributed by atoms with Crippen LogP contribution in [0.3, 0.4) is 0 Å². The first-order valence-electron chi connectivity index (χ1n) is 14.0. The lowest BCUT2D eigenvalue weighted by molar-refractivity contribution is -0.139. The number of hydrogen-bond donors (Lipinski definition) is 0. The Kier molecular flexibility index (Phi) is 8.39. The second-order valence-corrected chi connectivity index (χ2v) is 12.8. The van der Waals surface area contributed by atoms with Crippen LogP contribution in [0.2, 0.25) is 0 Å². The molecule has 0 nitrogen and oxygen atoms in total. The first-order chi connectivity index (χ1) is 21.5. The topological polar surface area (TPSA) is 0 Å². The van der Waals surface area contributed by atoms with E-state index in [1.54, 1.807) is 60.7 Å². The summed E-state index contributed by atoms with van der Waals surface area (Å²) in [6.45, 7) is 1.93. The zero-order valence-electron chi connectivity index (χ0n) is 23.8. The van der Waals surface area contributed by atoms with Gasteiger partial charge in [0, 0.05) is 11.1 Å². The summed E-state index contributed by atoms with van der Waals surface area (Å²) in [4.78, 5) is 0. The molecule has 0 atom stereocenters. The third kappa shape index (κ3) is 6.45. The van der Waals surface area contributed by atoms with Crippen LogP contribution in [0.5, 0.6) is 0 Å². The Balaban J connectivity index is 1.67. The summed E-state index contributed by atoms with van der Waals surface area (Å²) in [6.07, 6.45) is 0.570. The number of benzene rings is 5. The molecule has 5 aromatic carbocycles. The lowest BCUT2D eigenvalue weighted by Gasteiger charge is -2.23. The number of halogens is 7. The molecule has 1 aliphatic rings. The predicted octanol–water partition coefficient (Wildman–Crippen LogP) is 12.4. The van der Waals surface area contributed by atoms with Crippen molar-refractivity contribution in [3.05, 3.63) is 146 Å². The lowest BCUT2D eigenvalue weighted by atomic mass is 9.83. The van der Waals surface area contributed by atoms with Crippen molar-refractivity contribution in [2.24, 2.45) is 0 Å². The fraction of sp³-hybridized carbons (Fsp3) is 0.0789. The molecular formula is C38H25F6I. The van der Waals surface area contributed by atoms with Gasteiger partial charge in [-0.3, -0.25) is 0 Å². The van der Waals surface area contributed by atoms with Gasteiger partial charge >= 0.3 is 12.4 Å². The van der Waals surface area contributed by atoms with Crippen molar-refractivity contribution in [3.63, 3.8) is 0 Å². The van der Waals surface area contributed by atoms with E-state index in [1.165, 1.54) is 12.1 Å². The van der Waals surface area contributed by atoms with Gasteiger partial charge in [-0.05, 0) is 83.1 Å². The van der Waals surface area contributed by atoms with Gasteiger partial charge in [-0.15, -0.1) is 0 Å². The fourth-order valence-corrected chi connectivity index (χ4v) is 7.03. The van der Waals surface area contributed by atoms with Crippen molar-refractivity contribution >= 4 is 64.5 Å². The molecular weight excluding hydrogens is 697 g/mol. The van der Waals surface area contributed by atoms with Gasteiger partial charge in [0.15, 0.2) is 0 Å². The summed E-state index contributed by atoms with van der Waals surface area (Å²) in [6, 6.07) is 22.1. The van der Waals surface area contributed by atoms with Crippen LogP contribution in [0, 0.1) is 6.92 Å². The molecule has 0 aliphatic carbocycles. The third-order valence-electron chi connectivity index (χ3n) is 7.66. The van der Waals surface area contributed by atoms with Crippen molar-refractivity contribution < 1.29 is 26.3 Å². The highest BCUT2D eigenvalue weighted by molar-refractivity contribution is 14.2. The van der Waals surface area contributed by atoms with Crippen molar-refractivity contribution in [1.29, 1.82) is 0 Å². The number of alkyl halides is 6. The predicted molar refractivity (Wildman–Crippen MR) is 183 cm³/mol. The maximum Gasteiger partial charge on any atom is 0.417 e. The van der Waals surface area contributed by atoms with Gasteiger partial charge in [0.25, 0.3) is 0 Å². The minimum absolute atomic E-state index is 0.0890. The smallest absolute Gasteiger partial charge is 0.166 e. The molecule has 0 N–H and O–H groups in total. The van der Waals surface area contributed by atoms with E-state index in [0.29, 0.717) is 10.8 Å². The molecule has 1 heterocycles. The van der Waals surface area contributed by atoms with E-state index in [1.807, 2.05) is 51.4 Å². The SMILES string of the molecule is Cc1ccc(/C=C/c2cc(C(F)(F)F)c(-c3c(C(F)(F)F)cc(/C=C/C4=CC=IC=C4)c4ccccc34)c3ccccc23)cc1. The molecule has 1 aliphatic heterocycles. The number of aryl methyl sites for hydroxylation is 1. The standard InChI is InChI=1S/C38H25F6I/c1-24-10-12-25(13-11-24)14-16-27-22-33(37(39,40)41)35(31-8-4-2-6-29(27)31)36-32-9-5-3-7-30(32)28(23-34(36)38(42,43)44)17-15-26-18-20-45-21-19-26/h2-23H,1H3/b16-14+,17-15+. The largest absolute Gasteiger partial charge is 0.417 e. The molecule has 0 bridgehead atoms. The molecule has 0 spiro atoms. The van der Waals surface area contributed by atoms with Crippen LogP contribution in [0.25, 0.3) is 50.9 Å². The highest BCUT2D eigenvalue weighted by Gasteiger charge is 2.40. The number of fused-ring (bicyclic) bond motifs is 2. The minimum Gasteiger partial charge on any atom is -0.166 e. The summed E-state index contributed by atoms with van der Waals surface area (Å²) in [5, 5.41) is 1.02. The molecule has 226 valence electrons. The third-order valence-corrected chi connectivity index (χ3v) is 9.21. The molecule has 5 aromatic rings. The first-order valence-corrected chi connectivity index (χ1v) is 16.5. The van der Waals surface area contributed by atoms with Gasteiger partial charge in [0.1, 0.15) is 0 Å². The number of rotatable bonds is 5. The van der Waals surface area contributed by atoms with Crippen LogP contribution in [0.15, 0.2) is 113 Å². The van der Waals surface area contributed by atoms with Crippen LogP contribution in [0.1, 0.15) is 33.4 Å². The normalized spacial score (nSPS) is 14.1. The van der Waals surface area contributed by atoms with E-state index in [4.69, 9.17) is 0 Å². The van der Waals surface area contributed by atoms with Gasteiger partial charge in [0.2, 0.25) is 0 Å². The van der Waals surface area contributed by atoms with Gasteiger partial charge < -0.3 is 0 Å². The Morgan fingerprint density at radius 3 is 1.53 bits per heavy atom. The summed E-state index contributed by atoms with van der Waals surface area (Å²) in [7, 11) is 0. The van der Waals surface area contributed by atoms with Crippen LogP contribution in [-0.4, -0.2) is 4.01 Å². The summed E-state index contributed by atoms with van der Waals surface area (Å²) in [5.41, 5.74) is -0.0240. The highest BCUT2D eigenvalue weighted by Crippen LogP contribution is 2.50. The Hall–Kier alpha value is -4.24.